The predicted octanol–water partition coefficient (Wildman–Crippen LogP) is 4.48. The van der Waals surface area contributed by atoms with E-state index in [0.29, 0.717) is 17.6 Å². The van der Waals surface area contributed by atoms with Crippen LogP contribution in [0, 0.1) is 11.8 Å². The van der Waals surface area contributed by atoms with Crippen LogP contribution in [0.2, 0.25) is 0 Å². The van der Waals surface area contributed by atoms with E-state index in [9.17, 15) is 5.11 Å². The third-order valence-electron chi connectivity index (χ3n) is 4.78. The van der Waals surface area contributed by atoms with Gasteiger partial charge in [-0.15, -0.1) is 0 Å². The van der Waals surface area contributed by atoms with Crippen molar-refractivity contribution in [1.29, 1.82) is 0 Å². The van der Waals surface area contributed by atoms with Crippen LogP contribution in [-0.2, 0) is 12.8 Å². The molecule has 0 saturated carbocycles. The number of benzene rings is 2. The Balaban J connectivity index is 2.04. The highest BCUT2D eigenvalue weighted by atomic mass is 16.5. The van der Waals surface area contributed by atoms with Crippen LogP contribution in [0.5, 0.6) is 23.0 Å². The molecular formula is C21H28O4. The SMILES string of the molecule is COc1cc(C[C@@H](C)[C@@H](C)Cc2ccc(OC)c(OC)c2)ccc1O. The maximum atomic E-state index is 9.72. The quantitative estimate of drug-likeness (QED) is 0.767. The van der Waals surface area contributed by atoms with Crippen LogP contribution in [-0.4, -0.2) is 26.4 Å². The average molecular weight is 344 g/mol. The molecule has 2 aromatic rings. The Kier molecular flexibility index (Phi) is 6.57. The maximum absolute atomic E-state index is 9.72. The number of phenols is 1. The highest BCUT2D eigenvalue weighted by Crippen LogP contribution is 2.31. The third-order valence-corrected chi connectivity index (χ3v) is 4.78. The van der Waals surface area contributed by atoms with E-state index >= 15 is 0 Å². The van der Waals surface area contributed by atoms with Gasteiger partial charge in [0.2, 0.25) is 0 Å². The van der Waals surface area contributed by atoms with E-state index < -0.39 is 0 Å². The molecule has 25 heavy (non-hydrogen) atoms. The van der Waals surface area contributed by atoms with E-state index in [0.717, 1.165) is 24.3 Å². The topological polar surface area (TPSA) is 47.9 Å². The summed E-state index contributed by atoms with van der Waals surface area (Å²) in [6.45, 7) is 4.52. The normalized spacial score (nSPS) is 13.2. The predicted molar refractivity (Wildman–Crippen MR) is 99.9 cm³/mol. The fourth-order valence-corrected chi connectivity index (χ4v) is 3.00. The summed E-state index contributed by atoms with van der Waals surface area (Å²) in [5, 5.41) is 9.72. The van der Waals surface area contributed by atoms with Crippen molar-refractivity contribution >= 4 is 0 Å². The first-order chi connectivity index (χ1) is 12.0. The molecule has 136 valence electrons. The highest BCUT2D eigenvalue weighted by molar-refractivity contribution is 5.43. The summed E-state index contributed by atoms with van der Waals surface area (Å²) in [4.78, 5) is 0. The summed E-state index contributed by atoms with van der Waals surface area (Å²) in [5.74, 6) is 3.21. The second kappa shape index (κ2) is 8.65. The van der Waals surface area contributed by atoms with Gasteiger partial charge in [-0.3, -0.25) is 0 Å². The van der Waals surface area contributed by atoms with Gasteiger partial charge in [-0.2, -0.15) is 0 Å². The molecule has 1 N–H and O–H groups in total. The number of rotatable bonds is 8. The Morgan fingerprint density at radius 1 is 0.720 bits per heavy atom. The Labute approximate surface area is 150 Å². The van der Waals surface area contributed by atoms with Gasteiger partial charge < -0.3 is 19.3 Å². The number of hydrogen-bond acceptors (Lipinski definition) is 4. The van der Waals surface area contributed by atoms with Gasteiger partial charge >= 0.3 is 0 Å². The van der Waals surface area contributed by atoms with Gasteiger partial charge in [0.05, 0.1) is 21.3 Å². The fraction of sp³-hybridized carbons (Fsp3) is 0.429. The molecule has 2 rings (SSSR count). The smallest absolute Gasteiger partial charge is 0.160 e. The first-order valence-corrected chi connectivity index (χ1v) is 8.55. The lowest BCUT2D eigenvalue weighted by Gasteiger charge is -2.21. The second-order valence-electron chi connectivity index (χ2n) is 6.56. The van der Waals surface area contributed by atoms with Crippen molar-refractivity contribution in [1.82, 2.24) is 0 Å². The maximum Gasteiger partial charge on any atom is 0.160 e. The Morgan fingerprint density at radius 3 is 1.72 bits per heavy atom. The number of methoxy groups -OCH3 is 3. The molecule has 0 heterocycles. The molecule has 0 fully saturated rings. The largest absolute Gasteiger partial charge is 0.504 e. The molecule has 0 aliphatic heterocycles. The first kappa shape index (κ1) is 19.0. The summed E-state index contributed by atoms with van der Waals surface area (Å²) >= 11 is 0. The van der Waals surface area contributed by atoms with Crippen molar-refractivity contribution in [2.75, 3.05) is 21.3 Å². The highest BCUT2D eigenvalue weighted by Gasteiger charge is 2.16. The molecular weight excluding hydrogens is 316 g/mol. The van der Waals surface area contributed by atoms with Gasteiger partial charge in [0.25, 0.3) is 0 Å². The Bertz CT molecular complexity index is 696. The molecule has 0 saturated heterocycles. The molecule has 0 aliphatic carbocycles. The van der Waals surface area contributed by atoms with Crippen LogP contribution in [0.15, 0.2) is 36.4 Å². The molecule has 2 aromatic carbocycles. The van der Waals surface area contributed by atoms with Crippen molar-refractivity contribution < 1.29 is 19.3 Å². The van der Waals surface area contributed by atoms with E-state index in [1.165, 1.54) is 11.1 Å². The second-order valence-corrected chi connectivity index (χ2v) is 6.56. The Morgan fingerprint density at radius 2 is 1.20 bits per heavy atom. The molecule has 4 nitrogen and oxygen atoms in total. The van der Waals surface area contributed by atoms with Crippen LogP contribution in [0.1, 0.15) is 25.0 Å². The molecule has 0 aromatic heterocycles. The van der Waals surface area contributed by atoms with Crippen molar-refractivity contribution in [2.45, 2.75) is 26.7 Å². The van der Waals surface area contributed by atoms with Gasteiger partial charge in [-0.1, -0.05) is 26.0 Å². The van der Waals surface area contributed by atoms with Crippen molar-refractivity contribution in [3.63, 3.8) is 0 Å². The van der Waals surface area contributed by atoms with E-state index in [-0.39, 0.29) is 5.75 Å². The van der Waals surface area contributed by atoms with Crippen molar-refractivity contribution in [2.24, 2.45) is 11.8 Å². The lowest BCUT2D eigenvalue weighted by molar-refractivity contribution is 0.352. The molecule has 0 bridgehead atoms. The van der Waals surface area contributed by atoms with Gasteiger partial charge in [-0.25, -0.2) is 0 Å². The zero-order valence-corrected chi connectivity index (χ0v) is 15.7. The van der Waals surface area contributed by atoms with E-state index in [1.807, 2.05) is 24.3 Å². The van der Waals surface area contributed by atoms with E-state index in [2.05, 4.69) is 19.9 Å². The van der Waals surface area contributed by atoms with E-state index in [4.69, 9.17) is 14.2 Å². The molecule has 0 radical (unpaired) electrons. The molecule has 2 atom stereocenters. The lowest BCUT2D eigenvalue weighted by atomic mass is 9.85. The van der Waals surface area contributed by atoms with Crippen LogP contribution in [0.4, 0.5) is 0 Å². The van der Waals surface area contributed by atoms with Crippen molar-refractivity contribution in [3.05, 3.63) is 47.5 Å². The minimum absolute atomic E-state index is 0.178. The summed E-state index contributed by atoms with van der Waals surface area (Å²) in [7, 11) is 4.88. The molecule has 0 unspecified atom stereocenters. The third kappa shape index (κ3) is 4.81. The van der Waals surface area contributed by atoms with Crippen LogP contribution in [0.25, 0.3) is 0 Å². The van der Waals surface area contributed by atoms with Crippen LogP contribution >= 0.6 is 0 Å². The fourth-order valence-electron chi connectivity index (χ4n) is 3.00. The minimum Gasteiger partial charge on any atom is -0.504 e. The number of ether oxygens (including phenoxy) is 3. The summed E-state index contributed by atoms with van der Waals surface area (Å²) < 4.78 is 15.9. The monoisotopic (exact) mass is 344 g/mol. The van der Waals surface area contributed by atoms with Gasteiger partial charge in [0, 0.05) is 0 Å². The van der Waals surface area contributed by atoms with Gasteiger partial charge in [0.1, 0.15) is 0 Å². The molecule has 4 heteroatoms. The minimum atomic E-state index is 0.178. The zero-order valence-electron chi connectivity index (χ0n) is 15.7. The number of aromatic hydroxyl groups is 1. The number of hydrogen-bond donors (Lipinski definition) is 1. The Hall–Kier alpha value is -2.36. The summed E-state index contributed by atoms with van der Waals surface area (Å²) in [5.41, 5.74) is 2.40. The van der Waals surface area contributed by atoms with Crippen molar-refractivity contribution in [3.8, 4) is 23.0 Å². The lowest BCUT2D eigenvalue weighted by Crippen LogP contribution is -2.14. The molecule has 0 amide bonds. The summed E-state index contributed by atoms with van der Waals surface area (Å²) in [6.07, 6.45) is 1.90. The first-order valence-electron chi connectivity index (χ1n) is 8.55. The molecule has 0 spiro atoms. The summed E-state index contributed by atoms with van der Waals surface area (Å²) in [6, 6.07) is 11.7. The van der Waals surface area contributed by atoms with Gasteiger partial charge in [0.15, 0.2) is 23.0 Å². The van der Waals surface area contributed by atoms with Crippen LogP contribution in [0.3, 0.4) is 0 Å². The van der Waals surface area contributed by atoms with Crippen LogP contribution < -0.4 is 14.2 Å². The van der Waals surface area contributed by atoms with Gasteiger partial charge in [-0.05, 0) is 60.1 Å². The molecule has 0 aliphatic rings. The number of phenolic OH excluding ortho intramolecular Hbond substituents is 1. The van der Waals surface area contributed by atoms with E-state index in [1.54, 1.807) is 27.4 Å². The standard InChI is InChI=1S/C21H28O4/c1-14(10-16-6-8-18(22)20(12-16)24-4)15(2)11-17-7-9-19(23-3)21(13-17)25-5/h6-9,12-15,22H,10-11H2,1-5H3/t14-,15+/m1/s1. The average Bonchev–Trinajstić information content (AvgIpc) is 2.62. The zero-order chi connectivity index (χ0) is 18.4.